The van der Waals surface area contributed by atoms with Crippen LogP contribution in [0, 0.1) is 5.82 Å². The van der Waals surface area contributed by atoms with Crippen LogP contribution in [0.15, 0.2) is 18.2 Å². The van der Waals surface area contributed by atoms with Crippen molar-refractivity contribution in [3.63, 3.8) is 0 Å². The summed E-state index contributed by atoms with van der Waals surface area (Å²) in [6, 6.07) is 4.68. The van der Waals surface area contributed by atoms with E-state index in [9.17, 15) is 4.39 Å². The van der Waals surface area contributed by atoms with Gasteiger partial charge in [0.25, 0.3) is 0 Å². The summed E-state index contributed by atoms with van der Waals surface area (Å²) in [5, 5.41) is 3.84. The number of benzene rings is 1. The molecule has 0 fully saturated rings. The van der Waals surface area contributed by atoms with E-state index in [1.165, 1.54) is 31.1 Å². The van der Waals surface area contributed by atoms with Crippen LogP contribution in [0.3, 0.4) is 0 Å². The third kappa shape index (κ3) is 6.62. The summed E-state index contributed by atoms with van der Waals surface area (Å²) in [6.45, 7) is 1.49. The highest BCUT2D eigenvalue weighted by Gasteiger charge is 2.01. The van der Waals surface area contributed by atoms with E-state index in [0.717, 1.165) is 13.0 Å². The van der Waals surface area contributed by atoms with Gasteiger partial charge >= 0.3 is 0 Å². The lowest BCUT2D eigenvalue weighted by Gasteiger charge is -2.06. The van der Waals surface area contributed by atoms with Crippen LogP contribution in [-0.4, -0.2) is 18.6 Å². The van der Waals surface area contributed by atoms with Gasteiger partial charge in [-0.05, 0) is 49.6 Å². The van der Waals surface area contributed by atoms with E-state index < -0.39 is 0 Å². The Kier molecular flexibility index (Phi) is 8.47. The first-order chi connectivity index (χ1) is 8.74. The van der Waals surface area contributed by atoms with Crippen LogP contribution in [-0.2, 0) is 6.54 Å². The molecule has 0 aliphatic carbocycles. The number of thioether (sulfide) groups is 1. The normalized spacial score (nSPS) is 10.8. The Bertz CT molecular complexity index is 347. The Hall–Kier alpha value is -0.250. The largest absolute Gasteiger partial charge is 0.313 e. The minimum Gasteiger partial charge on any atom is -0.313 e. The average molecular weight is 290 g/mol. The molecule has 1 rings (SSSR count). The summed E-state index contributed by atoms with van der Waals surface area (Å²) >= 11 is 7.73. The van der Waals surface area contributed by atoms with Gasteiger partial charge in [0.05, 0.1) is 0 Å². The highest BCUT2D eigenvalue weighted by atomic mass is 35.5. The molecule has 0 radical (unpaired) electrons. The molecule has 1 aromatic carbocycles. The molecule has 1 nitrogen and oxygen atoms in total. The van der Waals surface area contributed by atoms with Crippen molar-refractivity contribution in [2.75, 3.05) is 18.6 Å². The molecule has 4 heteroatoms. The summed E-state index contributed by atoms with van der Waals surface area (Å²) in [6.07, 6.45) is 7.11. The third-order valence-corrected chi connectivity index (χ3v) is 3.71. The molecule has 0 saturated heterocycles. The fourth-order valence-electron chi connectivity index (χ4n) is 1.75. The molecule has 0 spiro atoms. The molecule has 18 heavy (non-hydrogen) atoms. The molecule has 0 amide bonds. The van der Waals surface area contributed by atoms with Crippen molar-refractivity contribution < 1.29 is 4.39 Å². The first-order valence-electron chi connectivity index (χ1n) is 6.37. The molecule has 0 saturated carbocycles. The van der Waals surface area contributed by atoms with Crippen LogP contribution >= 0.6 is 23.4 Å². The van der Waals surface area contributed by atoms with Gasteiger partial charge in [0.2, 0.25) is 0 Å². The Labute approximate surface area is 118 Å². The van der Waals surface area contributed by atoms with Crippen molar-refractivity contribution in [2.24, 2.45) is 0 Å². The topological polar surface area (TPSA) is 12.0 Å². The molecule has 102 valence electrons. The number of rotatable bonds is 9. The quantitative estimate of drug-likeness (QED) is 0.672. The van der Waals surface area contributed by atoms with E-state index in [0.29, 0.717) is 17.1 Å². The fourth-order valence-corrected chi connectivity index (χ4v) is 2.44. The van der Waals surface area contributed by atoms with Crippen molar-refractivity contribution in [1.82, 2.24) is 5.32 Å². The first-order valence-corrected chi connectivity index (χ1v) is 8.15. The molecule has 0 unspecified atom stereocenters. The smallest absolute Gasteiger partial charge is 0.127 e. The Morgan fingerprint density at radius 1 is 1.22 bits per heavy atom. The van der Waals surface area contributed by atoms with Crippen molar-refractivity contribution >= 4 is 23.4 Å². The van der Waals surface area contributed by atoms with Gasteiger partial charge in [0.15, 0.2) is 0 Å². The number of unbranched alkanes of at least 4 members (excludes halogenated alkanes) is 3. The summed E-state index contributed by atoms with van der Waals surface area (Å²) in [5.41, 5.74) is 0.643. The predicted molar refractivity (Wildman–Crippen MR) is 80.0 cm³/mol. The van der Waals surface area contributed by atoms with Crippen LogP contribution in [0.4, 0.5) is 4.39 Å². The van der Waals surface area contributed by atoms with E-state index in [1.807, 2.05) is 11.8 Å². The monoisotopic (exact) mass is 289 g/mol. The maximum Gasteiger partial charge on any atom is 0.127 e. The van der Waals surface area contributed by atoms with Crippen LogP contribution in [0.1, 0.15) is 31.2 Å². The minimum atomic E-state index is -0.188. The van der Waals surface area contributed by atoms with Crippen molar-refractivity contribution in [1.29, 1.82) is 0 Å². The van der Waals surface area contributed by atoms with Crippen LogP contribution in [0.25, 0.3) is 0 Å². The highest BCUT2D eigenvalue weighted by molar-refractivity contribution is 7.98. The van der Waals surface area contributed by atoms with E-state index >= 15 is 0 Å². The lowest BCUT2D eigenvalue weighted by molar-refractivity contribution is 0.568. The van der Waals surface area contributed by atoms with Crippen molar-refractivity contribution in [3.05, 3.63) is 34.6 Å². The van der Waals surface area contributed by atoms with Gasteiger partial charge in [-0.3, -0.25) is 0 Å². The molecule has 0 aliphatic heterocycles. The zero-order valence-corrected chi connectivity index (χ0v) is 12.4. The predicted octanol–water partition coefficient (Wildman–Crippen LogP) is 4.49. The zero-order chi connectivity index (χ0) is 13.2. The molecule has 0 bridgehead atoms. The Morgan fingerprint density at radius 3 is 2.78 bits per heavy atom. The van der Waals surface area contributed by atoms with Gasteiger partial charge in [0, 0.05) is 17.1 Å². The lowest BCUT2D eigenvalue weighted by atomic mass is 10.2. The van der Waals surface area contributed by atoms with Gasteiger partial charge in [-0.1, -0.05) is 24.4 Å². The Balaban J connectivity index is 2.09. The van der Waals surface area contributed by atoms with E-state index in [4.69, 9.17) is 11.6 Å². The van der Waals surface area contributed by atoms with Crippen LogP contribution < -0.4 is 5.32 Å². The van der Waals surface area contributed by atoms with E-state index in [-0.39, 0.29) is 5.82 Å². The van der Waals surface area contributed by atoms with Gasteiger partial charge in [0.1, 0.15) is 5.82 Å². The summed E-state index contributed by atoms with van der Waals surface area (Å²) in [4.78, 5) is 0. The minimum absolute atomic E-state index is 0.188. The summed E-state index contributed by atoms with van der Waals surface area (Å²) < 4.78 is 13.4. The molecule has 0 heterocycles. The number of nitrogens with one attached hydrogen (secondary N) is 1. The molecule has 1 aromatic rings. The third-order valence-electron chi connectivity index (χ3n) is 2.78. The summed E-state index contributed by atoms with van der Waals surface area (Å²) in [7, 11) is 0. The Morgan fingerprint density at radius 2 is 2.00 bits per heavy atom. The number of hydrogen-bond donors (Lipinski definition) is 1. The molecule has 0 aliphatic rings. The SMILES string of the molecule is CSCCCCCCNCc1cc(Cl)ccc1F. The van der Waals surface area contributed by atoms with Crippen LogP contribution in [0.2, 0.25) is 5.02 Å². The second-order valence-electron chi connectivity index (χ2n) is 4.32. The lowest BCUT2D eigenvalue weighted by Crippen LogP contribution is -2.15. The van der Waals surface area contributed by atoms with E-state index in [2.05, 4.69) is 11.6 Å². The maximum absolute atomic E-state index is 13.4. The van der Waals surface area contributed by atoms with Gasteiger partial charge in [-0.2, -0.15) is 11.8 Å². The number of hydrogen-bond acceptors (Lipinski definition) is 2. The first kappa shape index (κ1) is 15.8. The highest BCUT2D eigenvalue weighted by Crippen LogP contribution is 2.14. The fraction of sp³-hybridized carbons (Fsp3) is 0.571. The van der Waals surface area contributed by atoms with Gasteiger partial charge in [-0.15, -0.1) is 0 Å². The molecular weight excluding hydrogens is 269 g/mol. The maximum atomic E-state index is 13.4. The van der Waals surface area contributed by atoms with Gasteiger partial charge in [-0.25, -0.2) is 4.39 Å². The zero-order valence-electron chi connectivity index (χ0n) is 10.8. The molecule has 0 aromatic heterocycles. The molecule has 0 atom stereocenters. The molecule has 1 N–H and O–H groups in total. The van der Waals surface area contributed by atoms with E-state index in [1.54, 1.807) is 12.1 Å². The second kappa shape index (κ2) is 9.65. The van der Waals surface area contributed by atoms with Crippen molar-refractivity contribution in [3.8, 4) is 0 Å². The summed E-state index contributed by atoms with van der Waals surface area (Å²) in [5.74, 6) is 1.06. The van der Waals surface area contributed by atoms with Gasteiger partial charge < -0.3 is 5.32 Å². The second-order valence-corrected chi connectivity index (χ2v) is 5.74. The molecular formula is C14H21ClFNS. The average Bonchev–Trinajstić information content (AvgIpc) is 2.36. The number of halogens is 2. The van der Waals surface area contributed by atoms with Crippen LogP contribution in [0.5, 0.6) is 0 Å². The van der Waals surface area contributed by atoms with Crippen molar-refractivity contribution in [2.45, 2.75) is 32.2 Å². The standard InChI is InChI=1S/C14H21ClFNS/c1-18-9-5-3-2-4-8-17-11-12-10-13(15)6-7-14(12)16/h6-7,10,17H,2-5,8-9,11H2,1H3.